The highest BCUT2D eigenvalue weighted by Crippen LogP contribution is 2.15. The maximum Gasteiger partial charge on any atom is 0.157 e. The van der Waals surface area contributed by atoms with Crippen molar-refractivity contribution in [2.24, 2.45) is 0 Å². The van der Waals surface area contributed by atoms with Crippen LogP contribution in [0.3, 0.4) is 0 Å². The summed E-state index contributed by atoms with van der Waals surface area (Å²) in [5.74, 6) is 0.960. The Balaban J connectivity index is 1.81. The van der Waals surface area contributed by atoms with E-state index in [1.807, 2.05) is 48.3 Å². The fourth-order valence-corrected chi connectivity index (χ4v) is 2.36. The number of nitrogens with zero attached hydrogens (tertiary/aromatic N) is 5. The van der Waals surface area contributed by atoms with E-state index >= 15 is 0 Å². The predicted molar refractivity (Wildman–Crippen MR) is 82.6 cm³/mol. The van der Waals surface area contributed by atoms with Gasteiger partial charge in [-0.1, -0.05) is 0 Å². The van der Waals surface area contributed by atoms with Crippen molar-refractivity contribution in [2.75, 3.05) is 11.9 Å². The highest BCUT2D eigenvalue weighted by Gasteiger charge is 2.09. The lowest BCUT2D eigenvalue weighted by atomic mass is 10.3. The molecule has 3 heterocycles. The lowest BCUT2D eigenvalue weighted by molar-refractivity contribution is 0.511. The summed E-state index contributed by atoms with van der Waals surface area (Å²) in [5.41, 5.74) is 3.99. The maximum atomic E-state index is 4.49. The zero-order chi connectivity index (χ0) is 15.0. The second kappa shape index (κ2) is 5.20. The van der Waals surface area contributed by atoms with E-state index in [9.17, 15) is 0 Å². The minimum absolute atomic E-state index is 0.263. The molecule has 0 spiro atoms. The Hall–Kier alpha value is -2.37. The van der Waals surface area contributed by atoms with E-state index in [-0.39, 0.29) is 6.04 Å². The zero-order valence-electron chi connectivity index (χ0n) is 12.8. The lowest BCUT2D eigenvalue weighted by Gasteiger charge is -2.15. The standard InChI is InChI=1S/C15H20N6/c1-10-7-17-20(9-10)13(4)8-16-14-5-11(2)18-15-6-12(3)19-21(14)15/h5-7,9,13,16H,8H2,1-4H3/t13-/m0/s1. The van der Waals surface area contributed by atoms with Gasteiger partial charge in [0.2, 0.25) is 0 Å². The van der Waals surface area contributed by atoms with Crippen LogP contribution in [-0.4, -0.2) is 30.9 Å². The van der Waals surface area contributed by atoms with Gasteiger partial charge in [-0.25, -0.2) is 4.98 Å². The molecule has 0 bridgehead atoms. The molecule has 3 aromatic rings. The summed E-state index contributed by atoms with van der Waals surface area (Å²) < 4.78 is 3.82. The van der Waals surface area contributed by atoms with Gasteiger partial charge < -0.3 is 5.32 Å². The molecule has 0 aliphatic rings. The summed E-state index contributed by atoms with van der Waals surface area (Å²) in [6.45, 7) is 8.93. The molecular formula is C15H20N6. The molecule has 0 aromatic carbocycles. The van der Waals surface area contributed by atoms with Gasteiger partial charge in [0.25, 0.3) is 0 Å². The lowest BCUT2D eigenvalue weighted by Crippen LogP contribution is -2.18. The van der Waals surface area contributed by atoms with E-state index in [0.29, 0.717) is 0 Å². The van der Waals surface area contributed by atoms with E-state index < -0.39 is 0 Å². The van der Waals surface area contributed by atoms with Gasteiger partial charge in [0, 0.05) is 30.6 Å². The average Bonchev–Trinajstić information content (AvgIpc) is 3.00. The molecule has 0 amide bonds. The van der Waals surface area contributed by atoms with Crippen molar-refractivity contribution in [3.8, 4) is 0 Å². The van der Waals surface area contributed by atoms with Gasteiger partial charge in [0.05, 0.1) is 17.9 Å². The van der Waals surface area contributed by atoms with E-state index in [1.165, 1.54) is 5.56 Å². The maximum absolute atomic E-state index is 4.49. The minimum Gasteiger partial charge on any atom is -0.368 e. The molecule has 6 heteroatoms. The average molecular weight is 284 g/mol. The highest BCUT2D eigenvalue weighted by atomic mass is 15.3. The molecule has 1 atom stereocenters. The van der Waals surface area contributed by atoms with Gasteiger partial charge in [0.15, 0.2) is 5.65 Å². The summed E-state index contributed by atoms with van der Waals surface area (Å²) in [4.78, 5) is 4.49. The van der Waals surface area contributed by atoms with Crippen LogP contribution < -0.4 is 5.32 Å². The number of anilines is 1. The third-order valence-corrected chi connectivity index (χ3v) is 3.44. The zero-order valence-corrected chi connectivity index (χ0v) is 12.8. The molecule has 0 radical (unpaired) electrons. The smallest absolute Gasteiger partial charge is 0.157 e. The predicted octanol–water partition coefficient (Wildman–Crippen LogP) is 2.52. The van der Waals surface area contributed by atoms with Crippen molar-refractivity contribution in [3.05, 3.63) is 41.5 Å². The molecular weight excluding hydrogens is 264 g/mol. The summed E-state index contributed by atoms with van der Waals surface area (Å²) in [6, 6.07) is 4.26. The van der Waals surface area contributed by atoms with Crippen LogP contribution in [0.2, 0.25) is 0 Å². The fraction of sp³-hybridized carbons (Fsp3) is 0.400. The second-order valence-corrected chi connectivity index (χ2v) is 5.57. The summed E-state index contributed by atoms with van der Waals surface area (Å²) in [5, 5.41) is 12.3. The molecule has 0 saturated heterocycles. The third kappa shape index (κ3) is 2.74. The Morgan fingerprint density at radius 1 is 1.19 bits per heavy atom. The van der Waals surface area contributed by atoms with Gasteiger partial charge >= 0.3 is 0 Å². The highest BCUT2D eigenvalue weighted by molar-refractivity contribution is 5.50. The molecule has 0 saturated carbocycles. The quantitative estimate of drug-likeness (QED) is 0.799. The Labute approximate surface area is 123 Å². The first-order valence-corrected chi connectivity index (χ1v) is 7.11. The van der Waals surface area contributed by atoms with E-state index in [0.717, 1.165) is 29.4 Å². The number of aromatic nitrogens is 5. The van der Waals surface area contributed by atoms with Crippen molar-refractivity contribution in [3.63, 3.8) is 0 Å². The Bertz CT molecular complexity index is 770. The molecule has 0 unspecified atom stereocenters. The normalized spacial score (nSPS) is 12.8. The number of rotatable bonds is 4. The number of hydrogen-bond acceptors (Lipinski definition) is 4. The first-order valence-electron chi connectivity index (χ1n) is 7.11. The first-order chi connectivity index (χ1) is 10.0. The SMILES string of the molecule is Cc1cnn([C@@H](C)CNc2cc(C)nc3cc(C)nn23)c1. The Morgan fingerprint density at radius 3 is 2.71 bits per heavy atom. The van der Waals surface area contributed by atoms with Crippen LogP contribution in [0.5, 0.6) is 0 Å². The van der Waals surface area contributed by atoms with Crippen LogP contribution in [0, 0.1) is 20.8 Å². The van der Waals surface area contributed by atoms with Gasteiger partial charge in [0.1, 0.15) is 5.82 Å². The first kappa shape index (κ1) is 13.6. The van der Waals surface area contributed by atoms with Crippen LogP contribution in [0.25, 0.3) is 5.65 Å². The van der Waals surface area contributed by atoms with Crippen LogP contribution in [0.1, 0.15) is 29.9 Å². The van der Waals surface area contributed by atoms with Crippen LogP contribution >= 0.6 is 0 Å². The largest absolute Gasteiger partial charge is 0.368 e. The fourth-order valence-electron chi connectivity index (χ4n) is 2.36. The van der Waals surface area contributed by atoms with Crippen LogP contribution in [0.4, 0.5) is 5.82 Å². The molecule has 21 heavy (non-hydrogen) atoms. The van der Waals surface area contributed by atoms with Crippen LogP contribution in [-0.2, 0) is 0 Å². The molecule has 3 aromatic heterocycles. The van der Waals surface area contributed by atoms with Gasteiger partial charge in [-0.05, 0) is 33.3 Å². The second-order valence-electron chi connectivity index (χ2n) is 5.57. The van der Waals surface area contributed by atoms with Crippen molar-refractivity contribution < 1.29 is 0 Å². The molecule has 6 nitrogen and oxygen atoms in total. The number of nitrogens with one attached hydrogen (secondary N) is 1. The Kier molecular flexibility index (Phi) is 3.37. The monoisotopic (exact) mass is 284 g/mol. The summed E-state index contributed by atoms with van der Waals surface area (Å²) in [6.07, 6.45) is 3.93. The topological polar surface area (TPSA) is 60.0 Å². The molecule has 0 fully saturated rings. The number of fused-ring (bicyclic) bond motifs is 1. The van der Waals surface area contributed by atoms with E-state index in [4.69, 9.17) is 0 Å². The number of hydrogen-bond donors (Lipinski definition) is 1. The van der Waals surface area contributed by atoms with Crippen LogP contribution in [0.15, 0.2) is 24.5 Å². The third-order valence-electron chi connectivity index (χ3n) is 3.44. The summed E-state index contributed by atoms with van der Waals surface area (Å²) in [7, 11) is 0. The van der Waals surface area contributed by atoms with Gasteiger partial charge in [-0.2, -0.15) is 14.7 Å². The molecule has 110 valence electrons. The minimum atomic E-state index is 0.263. The van der Waals surface area contributed by atoms with Crippen molar-refractivity contribution >= 4 is 11.5 Å². The van der Waals surface area contributed by atoms with E-state index in [2.05, 4.69) is 33.6 Å². The molecule has 1 N–H and O–H groups in total. The van der Waals surface area contributed by atoms with Crippen molar-refractivity contribution in [1.82, 2.24) is 24.4 Å². The van der Waals surface area contributed by atoms with Gasteiger partial charge in [-0.3, -0.25) is 4.68 Å². The van der Waals surface area contributed by atoms with Crippen molar-refractivity contribution in [2.45, 2.75) is 33.7 Å². The molecule has 0 aliphatic heterocycles. The number of aryl methyl sites for hydroxylation is 3. The van der Waals surface area contributed by atoms with Gasteiger partial charge in [-0.15, -0.1) is 0 Å². The van der Waals surface area contributed by atoms with Crippen molar-refractivity contribution in [1.29, 1.82) is 0 Å². The molecule has 0 aliphatic carbocycles. The molecule has 3 rings (SSSR count). The summed E-state index contributed by atoms with van der Waals surface area (Å²) >= 11 is 0. The Morgan fingerprint density at radius 2 is 2.00 bits per heavy atom. The van der Waals surface area contributed by atoms with E-state index in [1.54, 1.807) is 0 Å².